The first kappa shape index (κ1) is 16.6. The van der Waals surface area contributed by atoms with E-state index in [2.05, 4.69) is 23.3 Å². The first-order valence-electron chi connectivity index (χ1n) is 8.34. The molecule has 5 heteroatoms. The highest BCUT2D eigenvalue weighted by atomic mass is 35.5. The van der Waals surface area contributed by atoms with Gasteiger partial charge < -0.3 is 5.32 Å². The van der Waals surface area contributed by atoms with Crippen molar-refractivity contribution >= 4 is 38.9 Å². The maximum absolute atomic E-state index is 12.5. The summed E-state index contributed by atoms with van der Waals surface area (Å²) in [5.41, 5.74) is 2.60. The first-order chi connectivity index (χ1) is 12.1. The second-order valence-electron chi connectivity index (χ2n) is 6.54. The zero-order valence-electron chi connectivity index (χ0n) is 14.0. The monoisotopic (exact) mass is 370 g/mol. The van der Waals surface area contributed by atoms with E-state index in [0.717, 1.165) is 33.0 Å². The predicted molar refractivity (Wildman–Crippen MR) is 105 cm³/mol. The van der Waals surface area contributed by atoms with Crippen molar-refractivity contribution in [3.8, 4) is 0 Å². The maximum atomic E-state index is 12.5. The zero-order valence-corrected chi connectivity index (χ0v) is 15.5. The lowest BCUT2D eigenvalue weighted by atomic mass is 9.94. The molecule has 25 heavy (non-hydrogen) atoms. The van der Waals surface area contributed by atoms with Crippen molar-refractivity contribution in [2.45, 2.75) is 19.0 Å². The molecule has 1 atom stereocenters. The van der Waals surface area contributed by atoms with Crippen molar-refractivity contribution in [1.82, 2.24) is 10.2 Å². The fourth-order valence-electron chi connectivity index (χ4n) is 3.37. The summed E-state index contributed by atoms with van der Waals surface area (Å²) in [6.07, 6.45) is 0.902. The number of benzene rings is 2. The molecule has 1 aromatic heterocycles. The van der Waals surface area contributed by atoms with Gasteiger partial charge in [-0.2, -0.15) is 0 Å². The van der Waals surface area contributed by atoms with Gasteiger partial charge in [0.1, 0.15) is 0 Å². The molecule has 0 unspecified atom stereocenters. The van der Waals surface area contributed by atoms with Crippen molar-refractivity contribution < 1.29 is 4.79 Å². The normalized spacial score (nSPS) is 17.4. The lowest BCUT2D eigenvalue weighted by molar-refractivity contribution is 0.0938. The van der Waals surface area contributed by atoms with Crippen LogP contribution in [-0.2, 0) is 13.0 Å². The summed E-state index contributed by atoms with van der Waals surface area (Å²) in [5, 5.41) is 5.00. The van der Waals surface area contributed by atoms with Crippen LogP contribution in [0.4, 0.5) is 0 Å². The van der Waals surface area contributed by atoms with Gasteiger partial charge in [-0.3, -0.25) is 9.69 Å². The summed E-state index contributed by atoms with van der Waals surface area (Å²) in [4.78, 5) is 15.6. The predicted octanol–water partition coefficient (Wildman–Crippen LogP) is 4.34. The smallest absolute Gasteiger partial charge is 0.261 e. The lowest BCUT2D eigenvalue weighted by Gasteiger charge is -2.34. The molecule has 1 aliphatic heterocycles. The number of halogens is 1. The molecule has 0 fully saturated rings. The molecular formula is C20H19ClN2OS. The number of hydrogen-bond donors (Lipinski definition) is 1. The number of nitrogens with zero attached hydrogens (tertiary/aromatic N) is 1. The Morgan fingerprint density at radius 1 is 1.24 bits per heavy atom. The van der Waals surface area contributed by atoms with E-state index in [0.29, 0.717) is 6.54 Å². The van der Waals surface area contributed by atoms with E-state index in [-0.39, 0.29) is 11.9 Å². The number of carbonyl (C=O) groups is 1. The molecule has 1 N–H and O–H groups in total. The molecule has 0 saturated heterocycles. The van der Waals surface area contributed by atoms with Crippen molar-refractivity contribution in [3.63, 3.8) is 0 Å². The van der Waals surface area contributed by atoms with Crippen LogP contribution < -0.4 is 5.32 Å². The summed E-state index contributed by atoms with van der Waals surface area (Å²) < 4.78 is 1.14. The number of carbonyl (C=O) groups excluding carboxylic acids is 1. The van der Waals surface area contributed by atoms with Crippen LogP contribution in [-0.4, -0.2) is 30.4 Å². The molecule has 0 spiro atoms. The zero-order chi connectivity index (χ0) is 17.4. The van der Waals surface area contributed by atoms with Gasteiger partial charge in [0.25, 0.3) is 5.91 Å². The lowest BCUT2D eigenvalue weighted by Crippen LogP contribution is -2.45. The van der Waals surface area contributed by atoms with E-state index in [1.54, 1.807) is 11.3 Å². The van der Waals surface area contributed by atoms with Gasteiger partial charge in [0, 0.05) is 28.9 Å². The van der Waals surface area contributed by atoms with Crippen molar-refractivity contribution in [1.29, 1.82) is 0 Å². The standard InChI is InChI=1S/C20H19ClN2OS/c1-23-12-14-6-7-16(21)8-15(14)9-17(23)11-22-20(24)19-10-13-4-2-3-5-18(13)25-19/h2-8,10,17H,9,11-12H2,1H3,(H,22,24)/t17-/m1/s1. The maximum Gasteiger partial charge on any atom is 0.261 e. The Balaban J connectivity index is 1.44. The van der Waals surface area contributed by atoms with Gasteiger partial charge in [0.15, 0.2) is 0 Å². The minimum atomic E-state index is 0.00601. The third-order valence-electron chi connectivity index (χ3n) is 4.81. The van der Waals surface area contributed by atoms with E-state index in [1.807, 2.05) is 42.5 Å². The Morgan fingerprint density at radius 3 is 2.92 bits per heavy atom. The molecule has 0 aliphatic carbocycles. The van der Waals surface area contributed by atoms with Gasteiger partial charge in [-0.25, -0.2) is 0 Å². The van der Waals surface area contributed by atoms with Crippen molar-refractivity contribution in [2.24, 2.45) is 0 Å². The van der Waals surface area contributed by atoms with Gasteiger partial charge in [0.2, 0.25) is 0 Å². The Morgan fingerprint density at radius 2 is 2.08 bits per heavy atom. The van der Waals surface area contributed by atoms with Gasteiger partial charge in [-0.1, -0.05) is 35.9 Å². The van der Waals surface area contributed by atoms with Gasteiger partial charge >= 0.3 is 0 Å². The number of amides is 1. The molecule has 0 bridgehead atoms. The van der Waals surface area contributed by atoms with Crippen LogP contribution >= 0.6 is 22.9 Å². The van der Waals surface area contributed by atoms with E-state index in [4.69, 9.17) is 11.6 Å². The van der Waals surface area contributed by atoms with Crippen LogP contribution in [0.3, 0.4) is 0 Å². The van der Waals surface area contributed by atoms with E-state index < -0.39 is 0 Å². The Hall–Kier alpha value is -1.88. The molecule has 4 rings (SSSR count). The Bertz CT molecular complexity index is 903. The second kappa shape index (κ2) is 6.79. The quantitative estimate of drug-likeness (QED) is 0.743. The molecular weight excluding hydrogens is 352 g/mol. The summed E-state index contributed by atoms with van der Waals surface area (Å²) in [6.45, 7) is 1.52. The van der Waals surface area contributed by atoms with Gasteiger partial charge in [0.05, 0.1) is 4.88 Å². The summed E-state index contributed by atoms with van der Waals surface area (Å²) in [5.74, 6) is 0.00601. The number of nitrogens with one attached hydrogen (secondary N) is 1. The van der Waals surface area contributed by atoms with Crippen LogP contribution in [0.15, 0.2) is 48.5 Å². The van der Waals surface area contributed by atoms with Crippen LogP contribution in [0.25, 0.3) is 10.1 Å². The van der Waals surface area contributed by atoms with E-state index >= 15 is 0 Å². The molecule has 0 saturated carbocycles. The highest BCUT2D eigenvalue weighted by Gasteiger charge is 2.24. The number of thiophene rings is 1. The second-order valence-corrected chi connectivity index (χ2v) is 8.06. The van der Waals surface area contributed by atoms with E-state index in [9.17, 15) is 4.79 Å². The number of rotatable bonds is 3. The third kappa shape index (κ3) is 3.43. The summed E-state index contributed by atoms with van der Waals surface area (Å²) in [7, 11) is 2.10. The molecule has 2 heterocycles. The first-order valence-corrected chi connectivity index (χ1v) is 9.54. The largest absolute Gasteiger partial charge is 0.350 e. The fraction of sp³-hybridized carbons (Fsp3) is 0.250. The summed E-state index contributed by atoms with van der Waals surface area (Å²) in [6, 6.07) is 16.4. The summed E-state index contributed by atoms with van der Waals surface area (Å²) >= 11 is 7.67. The average molecular weight is 371 g/mol. The number of fused-ring (bicyclic) bond motifs is 2. The van der Waals surface area contributed by atoms with Crippen LogP contribution in [0.2, 0.25) is 5.02 Å². The van der Waals surface area contributed by atoms with Gasteiger partial charge in [-0.05, 0) is 54.2 Å². The SMILES string of the molecule is CN1Cc2ccc(Cl)cc2C[C@@H]1CNC(=O)c1cc2ccccc2s1. The molecule has 1 aliphatic rings. The molecule has 2 aromatic carbocycles. The topological polar surface area (TPSA) is 32.3 Å². The minimum absolute atomic E-state index is 0.00601. The average Bonchev–Trinajstić information content (AvgIpc) is 3.04. The minimum Gasteiger partial charge on any atom is -0.350 e. The Labute approximate surface area is 156 Å². The van der Waals surface area contributed by atoms with Crippen LogP contribution in [0.1, 0.15) is 20.8 Å². The molecule has 1 amide bonds. The highest BCUT2D eigenvalue weighted by molar-refractivity contribution is 7.20. The molecule has 3 nitrogen and oxygen atoms in total. The highest BCUT2D eigenvalue weighted by Crippen LogP contribution is 2.26. The number of likely N-dealkylation sites (N-methyl/N-ethyl adjacent to an activating group) is 1. The fourth-order valence-corrected chi connectivity index (χ4v) is 4.54. The van der Waals surface area contributed by atoms with Crippen LogP contribution in [0, 0.1) is 0 Å². The molecule has 3 aromatic rings. The molecule has 128 valence electrons. The van der Waals surface area contributed by atoms with Crippen molar-refractivity contribution in [2.75, 3.05) is 13.6 Å². The van der Waals surface area contributed by atoms with Crippen LogP contribution in [0.5, 0.6) is 0 Å². The van der Waals surface area contributed by atoms with Crippen molar-refractivity contribution in [3.05, 3.63) is 69.6 Å². The van der Waals surface area contributed by atoms with Gasteiger partial charge in [-0.15, -0.1) is 11.3 Å². The molecule has 0 radical (unpaired) electrons. The number of hydrogen-bond acceptors (Lipinski definition) is 3. The third-order valence-corrected chi connectivity index (χ3v) is 6.16. The Kier molecular flexibility index (Phi) is 4.50. The van der Waals surface area contributed by atoms with E-state index in [1.165, 1.54) is 11.1 Å².